The van der Waals surface area contributed by atoms with Crippen molar-refractivity contribution in [3.8, 4) is 17.2 Å². The molecule has 0 aliphatic heterocycles. The average Bonchev–Trinajstić information content (AvgIpc) is 2.67. The van der Waals surface area contributed by atoms with Crippen molar-refractivity contribution >= 4 is 11.6 Å². The monoisotopic (exact) mass is 364 g/mol. The number of carbonyl (C=O) groups is 2. The molecule has 0 N–H and O–H groups in total. The van der Waals surface area contributed by atoms with Crippen LogP contribution in [0.5, 0.6) is 17.2 Å². The summed E-state index contributed by atoms with van der Waals surface area (Å²) in [7, 11) is 0. The quantitative estimate of drug-likeness (QED) is 0.549. The van der Waals surface area contributed by atoms with Crippen LogP contribution in [0.25, 0.3) is 0 Å². The Kier molecular flexibility index (Phi) is 5.61. The molecule has 0 fully saturated rings. The van der Waals surface area contributed by atoms with Crippen LogP contribution in [0.2, 0.25) is 0 Å². The SMILES string of the molecule is CC(=O)c1ccc(OCC(=O)c2ccc(Oc3ccccc3)cc2)cc1F. The van der Waals surface area contributed by atoms with Gasteiger partial charge in [-0.1, -0.05) is 18.2 Å². The van der Waals surface area contributed by atoms with Gasteiger partial charge in [0.1, 0.15) is 23.1 Å². The lowest BCUT2D eigenvalue weighted by Crippen LogP contribution is -2.11. The standard InChI is InChI=1S/C22H17FO4/c1-15(24)20-12-11-19(13-21(20)23)26-14-22(25)16-7-9-18(10-8-16)27-17-5-3-2-4-6-17/h2-13H,14H2,1H3. The second kappa shape index (κ2) is 8.27. The molecule has 0 unspecified atom stereocenters. The maximum Gasteiger partial charge on any atom is 0.200 e. The number of benzene rings is 3. The third-order valence-electron chi connectivity index (χ3n) is 3.84. The molecule has 4 nitrogen and oxygen atoms in total. The number of rotatable bonds is 7. The van der Waals surface area contributed by atoms with Gasteiger partial charge in [-0.25, -0.2) is 4.39 Å². The summed E-state index contributed by atoms with van der Waals surface area (Å²) in [6.45, 7) is 1.05. The zero-order valence-electron chi connectivity index (χ0n) is 14.6. The van der Waals surface area contributed by atoms with Gasteiger partial charge in [0.2, 0.25) is 0 Å². The zero-order chi connectivity index (χ0) is 19.2. The molecule has 0 atom stereocenters. The Bertz CT molecular complexity index is 950. The van der Waals surface area contributed by atoms with Crippen molar-refractivity contribution in [3.05, 3.63) is 89.7 Å². The van der Waals surface area contributed by atoms with Crippen LogP contribution in [0.3, 0.4) is 0 Å². The Morgan fingerprint density at radius 1 is 0.852 bits per heavy atom. The van der Waals surface area contributed by atoms with E-state index in [1.165, 1.54) is 19.1 Å². The van der Waals surface area contributed by atoms with E-state index < -0.39 is 5.82 Å². The lowest BCUT2D eigenvalue weighted by Gasteiger charge is -2.08. The van der Waals surface area contributed by atoms with E-state index in [1.54, 1.807) is 24.3 Å². The first-order chi connectivity index (χ1) is 13.0. The van der Waals surface area contributed by atoms with Crippen LogP contribution in [0, 0.1) is 5.82 Å². The Hall–Kier alpha value is -3.47. The number of ether oxygens (including phenoxy) is 2. The third-order valence-corrected chi connectivity index (χ3v) is 3.84. The molecule has 5 heteroatoms. The number of para-hydroxylation sites is 1. The van der Waals surface area contributed by atoms with Gasteiger partial charge in [-0.2, -0.15) is 0 Å². The third kappa shape index (κ3) is 4.79. The van der Waals surface area contributed by atoms with Crippen LogP contribution >= 0.6 is 0 Å². The van der Waals surface area contributed by atoms with E-state index >= 15 is 0 Å². The van der Waals surface area contributed by atoms with E-state index in [1.807, 2.05) is 30.3 Å². The van der Waals surface area contributed by atoms with E-state index in [9.17, 15) is 14.0 Å². The molecule has 0 aromatic heterocycles. The molecule has 3 rings (SSSR count). The molecule has 27 heavy (non-hydrogen) atoms. The number of carbonyl (C=O) groups excluding carboxylic acids is 2. The van der Waals surface area contributed by atoms with Gasteiger partial charge >= 0.3 is 0 Å². The Labute approximate surface area is 156 Å². The minimum atomic E-state index is -0.671. The second-order valence-electron chi connectivity index (χ2n) is 5.85. The molecule has 0 aliphatic carbocycles. The first-order valence-electron chi connectivity index (χ1n) is 8.32. The van der Waals surface area contributed by atoms with Crippen LogP contribution in [-0.2, 0) is 0 Å². The van der Waals surface area contributed by atoms with Gasteiger partial charge in [0, 0.05) is 11.6 Å². The predicted octanol–water partition coefficient (Wildman–Crippen LogP) is 5.08. The van der Waals surface area contributed by atoms with Gasteiger partial charge in [-0.05, 0) is 55.5 Å². The van der Waals surface area contributed by atoms with E-state index in [-0.39, 0.29) is 29.5 Å². The Balaban J connectivity index is 1.59. The molecule has 0 aliphatic rings. The zero-order valence-corrected chi connectivity index (χ0v) is 14.6. The fraction of sp³-hybridized carbons (Fsp3) is 0.0909. The molecule has 0 bridgehead atoms. The van der Waals surface area contributed by atoms with E-state index in [4.69, 9.17) is 9.47 Å². The minimum Gasteiger partial charge on any atom is -0.485 e. The number of hydrogen-bond donors (Lipinski definition) is 0. The maximum absolute atomic E-state index is 13.8. The van der Waals surface area contributed by atoms with Crippen LogP contribution < -0.4 is 9.47 Å². The normalized spacial score (nSPS) is 10.3. The number of Topliss-reactive ketones (excluding diaryl/α,β-unsaturated/α-hetero) is 2. The lowest BCUT2D eigenvalue weighted by molar-refractivity contribution is 0.0919. The van der Waals surface area contributed by atoms with Crippen molar-refractivity contribution in [1.82, 2.24) is 0 Å². The highest BCUT2D eigenvalue weighted by atomic mass is 19.1. The van der Waals surface area contributed by atoms with E-state index in [2.05, 4.69) is 0 Å². The maximum atomic E-state index is 13.8. The summed E-state index contributed by atoms with van der Waals surface area (Å²) < 4.78 is 24.8. The highest BCUT2D eigenvalue weighted by Gasteiger charge is 2.11. The summed E-state index contributed by atoms with van der Waals surface area (Å²) in [5.41, 5.74) is 0.443. The molecule has 3 aromatic carbocycles. The summed E-state index contributed by atoms with van der Waals surface area (Å²) in [6.07, 6.45) is 0. The van der Waals surface area contributed by atoms with Crippen molar-refractivity contribution in [1.29, 1.82) is 0 Å². The summed E-state index contributed by atoms with van der Waals surface area (Å²) >= 11 is 0. The molecular formula is C22H17FO4. The van der Waals surface area contributed by atoms with E-state index in [0.29, 0.717) is 17.1 Å². The predicted molar refractivity (Wildman–Crippen MR) is 99.2 cm³/mol. The minimum absolute atomic E-state index is 0.0114. The first kappa shape index (κ1) is 18.3. The first-order valence-corrected chi connectivity index (χ1v) is 8.32. The van der Waals surface area contributed by atoms with Gasteiger partial charge < -0.3 is 9.47 Å². The fourth-order valence-corrected chi connectivity index (χ4v) is 2.44. The highest BCUT2D eigenvalue weighted by molar-refractivity contribution is 5.97. The molecule has 0 saturated carbocycles. The second-order valence-corrected chi connectivity index (χ2v) is 5.85. The van der Waals surface area contributed by atoms with Crippen molar-refractivity contribution in [3.63, 3.8) is 0 Å². The molecule has 136 valence electrons. The van der Waals surface area contributed by atoms with Crippen LogP contribution in [0.1, 0.15) is 27.6 Å². The van der Waals surface area contributed by atoms with Crippen molar-refractivity contribution in [2.75, 3.05) is 6.61 Å². The molecule has 0 heterocycles. The summed E-state index contributed by atoms with van der Waals surface area (Å²) in [5, 5.41) is 0. The van der Waals surface area contributed by atoms with Crippen molar-refractivity contribution < 1.29 is 23.5 Å². The smallest absolute Gasteiger partial charge is 0.200 e. The van der Waals surface area contributed by atoms with Crippen molar-refractivity contribution in [2.45, 2.75) is 6.92 Å². The molecule has 0 spiro atoms. The van der Waals surface area contributed by atoms with Crippen LogP contribution in [0.15, 0.2) is 72.8 Å². The average molecular weight is 364 g/mol. The molecule has 0 saturated heterocycles. The van der Waals surface area contributed by atoms with Gasteiger partial charge in [0.15, 0.2) is 18.2 Å². The molecule has 0 amide bonds. The van der Waals surface area contributed by atoms with Crippen LogP contribution in [-0.4, -0.2) is 18.2 Å². The number of hydrogen-bond acceptors (Lipinski definition) is 4. The van der Waals surface area contributed by atoms with Crippen molar-refractivity contribution in [2.24, 2.45) is 0 Å². The molecule has 0 radical (unpaired) electrons. The van der Waals surface area contributed by atoms with Gasteiger partial charge in [-0.3, -0.25) is 9.59 Å². The topological polar surface area (TPSA) is 52.6 Å². The lowest BCUT2D eigenvalue weighted by atomic mass is 10.1. The van der Waals surface area contributed by atoms with Gasteiger partial charge in [0.25, 0.3) is 0 Å². The number of halogens is 1. The van der Waals surface area contributed by atoms with E-state index in [0.717, 1.165) is 6.07 Å². The number of ketones is 2. The summed E-state index contributed by atoms with van der Waals surface area (Å²) in [4.78, 5) is 23.5. The molecular weight excluding hydrogens is 347 g/mol. The Morgan fingerprint density at radius 3 is 2.11 bits per heavy atom. The van der Waals surface area contributed by atoms with Gasteiger partial charge in [-0.15, -0.1) is 0 Å². The Morgan fingerprint density at radius 2 is 1.48 bits per heavy atom. The molecule has 3 aromatic rings. The largest absolute Gasteiger partial charge is 0.485 e. The van der Waals surface area contributed by atoms with Gasteiger partial charge in [0.05, 0.1) is 5.56 Å². The summed E-state index contributed by atoms with van der Waals surface area (Å²) in [5.74, 6) is 0.214. The highest BCUT2D eigenvalue weighted by Crippen LogP contribution is 2.22. The summed E-state index contributed by atoms with van der Waals surface area (Å²) in [6, 6.07) is 19.9. The fourth-order valence-electron chi connectivity index (χ4n) is 2.44. The van der Waals surface area contributed by atoms with Crippen LogP contribution in [0.4, 0.5) is 4.39 Å².